The standard InChI is InChI=1S/C13H22N4O2/c18-13(5-7-14-8-6-13)11-15-12(16-19-11)17-9-3-1-2-4-10-17/h14,18H,1-10H2. The Balaban J connectivity index is 1.74. The predicted molar refractivity (Wildman–Crippen MR) is 71.0 cm³/mol. The molecule has 2 saturated heterocycles. The molecule has 2 aliphatic rings. The van der Waals surface area contributed by atoms with Crippen LogP contribution in [0.2, 0.25) is 0 Å². The van der Waals surface area contributed by atoms with E-state index >= 15 is 0 Å². The van der Waals surface area contributed by atoms with Gasteiger partial charge in [-0.1, -0.05) is 12.8 Å². The van der Waals surface area contributed by atoms with E-state index < -0.39 is 5.60 Å². The fourth-order valence-electron chi connectivity index (χ4n) is 2.86. The number of hydrogen-bond donors (Lipinski definition) is 2. The molecule has 0 aromatic carbocycles. The Kier molecular flexibility index (Phi) is 3.70. The van der Waals surface area contributed by atoms with E-state index in [9.17, 15) is 5.11 Å². The molecule has 1 aromatic heterocycles. The van der Waals surface area contributed by atoms with Gasteiger partial charge in [-0.25, -0.2) is 0 Å². The van der Waals surface area contributed by atoms with Crippen LogP contribution in [0.3, 0.4) is 0 Å². The van der Waals surface area contributed by atoms with E-state index in [1.807, 2.05) is 0 Å². The molecule has 0 amide bonds. The Labute approximate surface area is 113 Å². The summed E-state index contributed by atoms with van der Waals surface area (Å²) < 4.78 is 5.32. The monoisotopic (exact) mass is 266 g/mol. The van der Waals surface area contributed by atoms with Crippen molar-refractivity contribution in [3.05, 3.63) is 5.89 Å². The summed E-state index contributed by atoms with van der Waals surface area (Å²) >= 11 is 0. The summed E-state index contributed by atoms with van der Waals surface area (Å²) in [6, 6.07) is 0. The molecule has 3 heterocycles. The maximum absolute atomic E-state index is 10.6. The third-order valence-corrected chi connectivity index (χ3v) is 4.13. The first-order chi connectivity index (χ1) is 9.28. The lowest BCUT2D eigenvalue weighted by Gasteiger charge is -2.28. The van der Waals surface area contributed by atoms with E-state index in [2.05, 4.69) is 20.4 Å². The first-order valence-corrected chi connectivity index (χ1v) is 7.30. The lowest BCUT2D eigenvalue weighted by Crippen LogP contribution is -2.40. The molecule has 19 heavy (non-hydrogen) atoms. The van der Waals surface area contributed by atoms with Gasteiger partial charge in [-0.3, -0.25) is 0 Å². The summed E-state index contributed by atoms with van der Waals surface area (Å²) in [6.45, 7) is 3.55. The minimum Gasteiger partial charge on any atom is -0.380 e. The summed E-state index contributed by atoms with van der Waals surface area (Å²) in [4.78, 5) is 6.61. The van der Waals surface area contributed by atoms with Gasteiger partial charge < -0.3 is 19.8 Å². The topological polar surface area (TPSA) is 74.4 Å². The van der Waals surface area contributed by atoms with E-state index in [0.29, 0.717) is 24.7 Å². The fourth-order valence-corrected chi connectivity index (χ4v) is 2.86. The second-order valence-corrected chi connectivity index (χ2v) is 5.58. The first kappa shape index (κ1) is 12.9. The van der Waals surface area contributed by atoms with Crippen LogP contribution >= 0.6 is 0 Å². The molecule has 0 radical (unpaired) electrons. The SMILES string of the molecule is OC1(c2nc(N3CCCCCC3)no2)CCNCC1. The molecule has 0 aliphatic carbocycles. The Morgan fingerprint density at radius 3 is 2.47 bits per heavy atom. The van der Waals surface area contributed by atoms with Gasteiger partial charge in [0, 0.05) is 13.1 Å². The van der Waals surface area contributed by atoms with Crippen LogP contribution in [0.1, 0.15) is 44.4 Å². The van der Waals surface area contributed by atoms with Crippen LogP contribution in [0.25, 0.3) is 0 Å². The highest BCUT2D eigenvalue weighted by atomic mass is 16.5. The van der Waals surface area contributed by atoms with Crippen molar-refractivity contribution in [2.45, 2.75) is 44.1 Å². The molecule has 6 heteroatoms. The van der Waals surface area contributed by atoms with Crippen molar-refractivity contribution in [1.29, 1.82) is 0 Å². The largest absolute Gasteiger partial charge is 0.380 e. The van der Waals surface area contributed by atoms with Crippen LogP contribution in [-0.4, -0.2) is 41.4 Å². The van der Waals surface area contributed by atoms with E-state index in [4.69, 9.17) is 4.52 Å². The van der Waals surface area contributed by atoms with Crippen molar-refractivity contribution in [1.82, 2.24) is 15.5 Å². The highest BCUT2D eigenvalue weighted by Crippen LogP contribution is 2.30. The van der Waals surface area contributed by atoms with Crippen molar-refractivity contribution in [3.63, 3.8) is 0 Å². The third kappa shape index (κ3) is 2.74. The number of hydrogen-bond acceptors (Lipinski definition) is 6. The van der Waals surface area contributed by atoms with Crippen LogP contribution in [0, 0.1) is 0 Å². The molecule has 2 fully saturated rings. The molecule has 0 unspecified atom stereocenters. The number of piperidine rings is 1. The third-order valence-electron chi connectivity index (χ3n) is 4.13. The van der Waals surface area contributed by atoms with E-state index in [1.54, 1.807) is 0 Å². The maximum Gasteiger partial charge on any atom is 0.266 e. The zero-order valence-corrected chi connectivity index (χ0v) is 11.3. The zero-order chi connectivity index (χ0) is 13.1. The summed E-state index contributed by atoms with van der Waals surface area (Å²) in [5, 5.41) is 17.8. The van der Waals surface area contributed by atoms with Gasteiger partial charge in [0.05, 0.1) is 0 Å². The molecule has 106 valence electrons. The van der Waals surface area contributed by atoms with Gasteiger partial charge in [0.15, 0.2) is 0 Å². The van der Waals surface area contributed by atoms with Crippen LogP contribution in [-0.2, 0) is 5.60 Å². The summed E-state index contributed by atoms with van der Waals surface area (Å²) in [5.41, 5.74) is -0.942. The van der Waals surface area contributed by atoms with Crippen LogP contribution in [0.5, 0.6) is 0 Å². The predicted octanol–water partition coefficient (Wildman–Crippen LogP) is 1.02. The lowest BCUT2D eigenvalue weighted by molar-refractivity contribution is -0.0228. The molecule has 1 aromatic rings. The van der Waals surface area contributed by atoms with Gasteiger partial charge in [-0.05, 0) is 43.9 Å². The van der Waals surface area contributed by atoms with Gasteiger partial charge in [0.2, 0.25) is 0 Å². The maximum atomic E-state index is 10.6. The van der Waals surface area contributed by atoms with Crippen molar-refractivity contribution in [2.24, 2.45) is 0 Å². The average molecular weight is 266 g/mol. The van der Waals surface area contributed by atoms with Crippen molar-refractivity contribution in [3.8, 4) is 0 Å². The highest BCUT2D eigenvalue weighted by molar-refractivity contribution is 5.28. The minimum atomic E-state index is -0.942. The van der Waals surface area contributed by atoms with E-state index in [-0.39, 0.29) is 0 Å². The lowest BCUT2D eigenvalue weighted by atomic mass is 9.92. The smallest absolute Gasteiger partial charge is 0.266 e. The Bertz CT molecular complexity index is 407. The molecular formula is C13H22N4O2. The second-order valence-electron chi connectivity index (χ2n) is 5.58. The molecule has 2 N–H and O–H groups in total. The number of aromatic nitrogens is 2. The molecule has 0 atom stereocenters. The van der Waals surface area contributed by atoms with E-state index in [0.717, 1.165) is 26.2 Å². The van der Waals surface area contributed by atoms with Gasteiger partial charge in [0.25, 0.3) is 11.8 Å². The van der Waals surface area contributed by atoms with Crippen molar-refractivity contribution >= 4 is 5.95 Å². The van der Waals surface area contributed by atoms with Gasteiger partial charge in [-0.2, -0.15) is 4.98 Å². The van der Waals surface area contributed by atoms with Crippen LogP contribution in [0.15, 0.2) is 4.52 Å². The molecule has 6 nitrogen and oxygen atoms in total. The fraction of sp³-hybridized carbons (Fsp3) is 0.846. The Morgan fingerprint density at radius 2 is 1.79 bits per heavy atom. The van der Waals surface area contributed by atoms with Crippen LogP contribution < -0.4 is 10.2 Å². The van der Waals surface area contributed by atoms with E-state index in [1.165, 1.54) is 25.7 Å². The minimum absolute atomic E-state index is 0.383. The highest BCUT2D eigenvalue weighted by Gasteiger charge is 2.37. The molecular weight excluding hydrogens is 244 g/mol. The normalized spacial score (nSPS) is 24.2. The van der Waals surface area contributed by atoms with Crippen molar-refractivity contribution in [2.75, 3.05) is 31.1 Å². The molecule has 0 spiro atoms. The number of rotatable bonds is 2. The average Bonchev–Trinajstić information content (AvgIpc) is 2.77. The molecule has 0 saturated carbocycles. The van der Waals surface area contributed by atoms with Gasteiger partial charge >= 0.3 is 0 Å². The number of nitrogens with zero attached hydrogens (tertiary/aromatic N) is 3. The number of nitrogens with one attached hydrogen (secondary N) is 1. The summed E-state index contributed by atoms with van der Waals surface area (Å²) in [6.07, 6.45) is 6.17. The van der Waals surface area contributed by atoms with Crippen LogP contribution in [0.4, 0.5) is 5.95 Å². The molecule has 2 aliphatic heterocycles. The number of anilines is 1. The number of aliphatic hydroxyl groups is 1. The molecule has 0 bridgehead atoms. The Hall–Kier alpha value is -1.14. The summed E-state index contributed by atoms with van der Waals surface area (Å²) in [5.74, 6) is 1.03. The second kappa shape index (κ2) is 5.46. The van der Waals surface area contributed by atoms with Gasteiger partial charge in [-0.15, -0.1) is 0 Å². The van der Waals surface area contributed by atoms with Gasteiger partial charge in [0.1, 0.15) is 5.60 Å². The Morgan fingerprint density at radius 1 is 1.11 bits per heavy atom. The first-order valence-electron chi connectivity index (χ1n) is 7.30. The van der Waals surface area contributed by atoms with Crippen molar-refractivity contribution < 1.29 is 9.63 Å². The quantitative estimate of drug-likeness (QED) is 0.832. The summed E-state index contributed by atoms with van der Waals surface area (Å²) in [7, 11) is 0. The zero-order valence-electron chi connectivity index (χ0n) is 11.3. The molecule has 3 rings (SSSR count).